The van der Waals surface area contributed by atoms with Crippen LogP contribution in [0.25, 0.3) is 0 Å². The Labute approximate surface area is 217 Å². The van der Waals surface area contributed by atoms with Crippen LogP contribution in [0, 0.1) is 0 Å². The quantitative estimate of drug-likeness (QED) is 0.342. The lowest BCUT2D eigenvalue weighted by Crippen LogP contribution is -2.29. The number of hydrogen-bond acceptors (Lipinski definition) is 4. The first kappa shape index (κ1) is 25.8. The van der Waals surface area contributed by atoms with Crippen LogP contribution in [0.5, 0.6) is 11.5 Å². The van der Waals surface area contributed by atoms with Crippen LogP contribution in [-0.2, 0) is 10.8 Å². The Balaban J connectivity index is 1.73. The monoisotopic (exact) mass is 514 g/mol. The number of rotatable bonds is 10. The first-order valence-corrected chi connectivity index (χ1v) is 12.9. The van der Waals surface area contributed by atoms with Crippen LogP contribution in [0.15, 0.2) is 72.8 Å². The zero-order valence-corrected chi connectivity index (χ0v) is 21.6. The summed E-state index contributed by atoms with van der Waals surface area (Å²) in [5.41, 5.74) is 4.62. The fourth-order valence-corrected chi connectivity index (χ4v) is 5.30. The summed E-state index contributed by atoms with van der Waals surface area (Å²) < 4.78 is 11.4. The van der Waals surface area contributed by atoms with Crippen LogP contribution in [0.2, 0.25) is 0 Å². The molecule has 2 unspecified atom stereocenters. The van der Waals surface area contributed by atoms with Crippen molar-refractivity contribution < 1.29 is 19.7 Å². The Morgan fingerprint density at radius 2 is 1.14 bits per heavy atom. The summed E-state index contributed by atoms with van der Waals surface area (Å²) in [6, 6.07) is 24.9. The largest absolute Gasteiger partial charge is 0.491 e. The molecule has 4 nitrogen and oxygen atoms in total. The number of benzene rings is 3. The number of halogens is 2. The standard InChI is InChI=1S/C29H32Cl2O4/c1-28(2)19-29(27-6-4-3-5-26(27)28,20-7-11-24(12-8-20)34-17-22(32)15-30)21-9-13-25(14-10-21)35-18-23(33)16-31/h3-14,22-23,32-33H,15-19H2,1-2H3. The molecule has 0 aromatic heterocycles. The van der Waals surface area contributed by atoms with Crippen molar-refractivity contribution in [2.75, 3.05) is 25.0 Å². The summed E-state index contributed by atoms with van der Waals surface area (Å²) in [5.74, 6) is 1.66. The highest BCUT2D eigenvalue weighted by molar-refractivity contribution is 6.18. The second-order valence-corrected chi connectivity index (χ2v) is 10.4. The molecule has 2 atom stereocenters. The molecule has 186 valence electrons. The highest BCUT2D eigenvalue weighted by Crippen LogP contribution is 2.56. The van der Waals surface area contributed by atoms with Crippen LogP contribution in [0.1, 0.15) is 42.5 Å². The van der Waals surface area contributed by atoms with Gasteiger partial charge in [0.2, 0.25) is 0 Å². The van der Waals surface area contributed by atoms with Gasteiger partial charge in [0.1, 0.15) is 36.9 Å². The Bertz CT molecular complexity index is 1050. The second-order valence-electron chi connectivity index (χ2n) is 9.80. The van der Waals surface area contributed by atoms with Gasteiger partial charge in [0, 0.05) is 5.41 Å². The van der Waals surface area contributed by atoms with Crippen molar-refractivity contribution >= 4 is 23.2 Å². The van der Waals surface area contributed by atoms with Gasteiger partial charge < -0.3 is 19.7 Å². The van der Waals surface area contributed by atoms with E-state index in [2.05, 4.69) is 62.4 Å². The van der Waals surface area contributed by atoms with Crippen molar-refractivity contribution in [3.8, 4) is 11.5 Å². The summed E-state index contributed by atoms with van der Waals surface area (Å²) in [6.45, 7) is 4.90. The molecule has 0 radical (unpaired) electrons. The SMILES string of the molecule is CC1(C)CC(c2ccc(OCC(O)CCl)cc2)(c2ccc(OCC(O)CCl)cc2)c2ccccc21. The molecule has 1 aliphatic carbocycles. The molecule has 6 heteroatoms. The molecule has 0 aliphatic heterocycles. The molecule has 0 amide bonds. The van der Waals surface area contributed by atoms with Gasteiger partial charge >= 0.3 is 0 Å². The molecule has 0 spiro atoms. The Morgan fingerprint density at radius 3 is 1.57 bits per heavy atom. The van der Waals surface area contributed by atoms with E-state index in [4.69, 9.17) is 32.7 Å². The van der Waals surface area contributed by atoms with Crippen molar-refractivity contribution in [3.63, 3.8) is 0 Å². The van der Waals surface area contributed by atoms with Crippen LogP contribution in [0.4, 0.5) is 0 Å². The number of fused-ring (bicyclic) bond motifs is 1. The lowest BCUT2D eigenvalue weighted by atomic mass is 9.68. The molecule has 0 heterocycles. The van der Waals surface area contributed by atoms with Crippen molar-refractivity contribution in [3.05, 3.63) is 95.1 Å². The predicted molar refractivity (Wildman–Crippen MR) is 141 cm³/mol. The number of aliphatic hydroxyl groups is 2. The van der Waals surface area contributed by atoms with Crippen LogP contribution >= 0.6 is 23.2 Å². The van der Waals surface area contributed by atoms with E-state index in [1.54, 1.807) is 0 Å². The average molecular weight is 515 g/mol. The highest BCUT2D eigenvalue weighted by atomic mass is 35.5. The number of hydrogen-bond donors (Lipinski definition) is 2. The molecule has 3 aromatic carbocycles. The normalized spacial score (nSPS) is 20.2. The molecule has 0 fully saturated rings. The Hall–Kier alpha value is -2.24. The lowest BCUT2D eigenvalue weighted by molar-refractivity contribution is 0.125. The molecule has 1 aliphatic rings. The molecule has 3 aromatic rings. The molecule has 4 rings (SSSR count). The first-order chi connectivity index (χ1) is 16.8. The number of aliphatic hydroxyl groups excluding tert-OH is 2. The molecular weight excluding hydrogens is 483 g/mol. The van der Waals surface area contributed by atoms with Crippen LogP contribution < -0.4 is 9.47 Å². The number of alkyl halides is 2. The fourth-order valence-electron chi connectivity index (χ4n) is 5.13. The smallest absolute Gasteiger partial charge is 0.119 e. The second kappa shape index (κ2) is 10.8. The summed E-state index contributed by atoms with van der Waals surface area (Å²) in [4.78, 5) is 0. The minimum atomic E-state index is -0.698. The van der Waals surface area contributed by atoms with Gasteiger partial charge in [-0.05, 0) is 58.4 Å². The summed E-state index contributed by atoms with van der Waals surface area (Å²) >= 11 is 11.4. The summed E-state index contributed by atoms with van der Waals surface area (Å²) in [6.07, 6.45) is -0.483. The van der Waals surface area contributed by atoms with Gasteiger partial charge in [-0.3, -0.25) is 0 Å². The van der Waals surface area contributed by atoms with E-state index in [0.29, 0.717) is 11.5 Å². The zero-order valence-electron chi connectivity index (χ0n) is 20.1. The van der Waals surface area contributed by atoms with Gasteiger partial charge in [0.15, 0.2) is 0 Å². The van der Waals surface area contributed by atoms with E-state index in [1.807, 2.05) is 24.3 Å². The van der Waals surface area contributed by atoms with Crippen LogP contribution in [-0.4, -0.2) is 47.4 Å². The van der Waals surface area contributed by atoms with E-state index < -0.39 is 12.2 Å². The molecule has 2 N–H and O–H groups in total. The summed E-state index contributed by atoms with van der Waals surface area (Å²) in [7, 11) is 0. The third-order valence-corrected chi connectivity index (χ3v) is 7.47. The first-order valence-electron chi connectivity index (χ1n) is 11.8. The maximum absolute atomic E-state index is 9.72. The molecule has 35 heavy (non-hydrogen) atoms. The fraction of sp³-hybridized carbons (Fsp3) is 0.379. The topological polar surface area (TPSA) is 58.9 Å². The maximum Gasteiger partial charge on any atom is 0.119 e. The molecule has 0 saturated heterocycles. The van der Waals surface area contributed by atoms with Crippen molar-refractivity contribution in [1.29, 1.82) is 0 Å². The van der Waals surface area contributed by atoms with Gasteiger partial charge in [-0.1, -0.05) is 62.4 Å². The van der Waals surface area contributed by atoms with E-state index in [0.717, 1.165) is 6.42 Å². The highest BCUT2D eigenvalue weighted by Gasteiger charge is 2.49. The Morgan fingerprint density at radius 1 is 0.714 bits per heavy atom. The van der Waals surface area contributed by atoms with Gasteiger partial charge in [0.05, 0.1) is 11.8 Å². The van der Waals surface area contributed by atoms with Crippen molar-refractivity contribution in [1.82, 2.24) is 0 Å². The third kappa shape index (κ3) is 5.31. The molecular formula is C29H32Cl2O4. The van der Waals surface area contributed by atoms with Crippen LogP contribution in [0.3, 0.4) is 0 Å². The van der Waals surface area contributed by atoms with Crippen molar-refractivity contribution in [2.45, 2.75) is 43.3 Å². The van der Waals surface area contributed by atoms with E-state index in [9.17, 15) is 10.2 Å². The average Bonchev–Trinajstić information content (AvgIpc) is 3.14. The maximum atomic E-state index is 9.72. The van der Waals surface area contributed by atoms with Gasteiger partial charge in [-0.25, -0.2) is 0 Å². The minimum absolute atomic E-state index is 0.0180. The van der Waals surface area contributed by atoms with Crippen molar-refractivity contribution in [2.24, 2.45) is 0 Å². The molecule has 0 saturated carbocycles. The molecule has 0 bridgehead atoms. The lowest BCUT2D eigenvalue weighted by Gasteiger charge is -2.34. The number of ether oxygens (including phenoxy) is 2. The van der Waals surface area contributed by atoms with E-state index in [1.165, 1.54) is 22.3 Å². The predicted octanol–water partition coefficient (Wildman–Crippen LogP) is 5.66. The zero-order chi connectivity index (χ0) is 25.1. The van der Waals surface area contributed by atoms with E-state index in [-0.39, 0.29) is 35.8 Å². The minimum Gasteiger partial charge on any atom is -0.491 e. The van der Waals surface area contributed by atoms with Gasteiger partial charge in [-0.15, -0.1) is 23.2 Å². The Kier molecular flexibility index (Phi) is 7.97. The van der Waals surface area contributed by atoms with Gasteiger partial charge in [0.25, 0.3) is 0 Å². The third-order valence-electron chi connectivity index (χ3n) is 6.76. The van der Waals surface area contributed by atoms with Gasteiger partial charge in [-0.2, -0.15) is 0 Å². The van der Waals surface area contributed by atoms with E-state index >= 15 is 0 Å². The summed E-state index contributed by atoms with van der Waals surface area (Å²) in [5, 5.41) is 19.4.